The summed E-state index contributed by atoms with van der Waals surface area (Å²) in [6.07, 6.45) is 0. The Morgan fingerprint density at radius 1 is 1.40 bits per heavy atom. The van der Waals surface area contributed by atoms with Gasteiger partial charge in [-0.05, 0) is 22.0 Å². The molecule has 2 nitrogen and oxygen atoms in total. The summed E-state index contributed by atoms with van der Waals surface area (Å²) in [5, 5.41) is 2.35. The molecule has 0 atom stereocenters. The van der Waals surface area contributed by atoms with Gasteiger partial charge in [-0.15, -0.1) is 0 Å². The summed E-state index contributed by atoms with van der Waals surface area (Å²) in [5.74, 6) is -0.256. The summed E-state index contributed by atoms with van der Waals surface area (Å²) in [6, 6.07) is 6.53. The Bertz CT molecular complexity index is 460. The zero-order valence-corrected chi connectivity index (χ0v) is 10.0. The topological polar surface area (TPSA) is 22.1 Å². The van der Waals surface area contributed by atoms with E-state index < -0.39 is 0 Å². The first-order chi connectivity index (χ1) is 7.25. The van der Waals surface area contributed by atoms with Crippen LogP contribution in [0, 0.1) is 5.82 Å². The number of nitrogens with zero attached hydrogens (tertiary/aromatic N) is 1. The molecular formula is C10H7BrFNOS. The Hall–Kier alpha value is -0.940. The van der Waals surface area contributed by atoms with Crippen molar-refractivity contribution in [3.63, 3.8) is 0 Å². The van der Waals surface area contributed by atoms with Gasteiger partial charge in [0.1, 0.15) is 17.0 Å². The molecule has 0 aliphatic heterocycles. The van der Waals surface area contributed by atoms with E-state index in [9.17, 15) is 4.39 Å². The fourth-order valence-electron chi connectivity index (χ4n) is 1.06. The standard InChI is InChI=1S/C10H7BrFNOS/c11-9-6-15-10(13-9)14-5-7-3-1-2-4-8(7)12/h1-4,6H,5H2. The summed E-state index contributed by atoms with van der Waals surface area (Å²) < 4.78 is 19.3. The molecule has 1 aromatic heterocycles. The van der Waals surface area contributed by atoms with Crippen LogP contribution in [0.2, 0.25) is 0 Å². The van der Waals surface area contributed by atoms with E-state index in [2.05, 4.69) is 20.9 Å². The second kappa shape index (κ2) is 4.72. The third-order valence-corrected chi connectivity index (χ3v) is 3.23. The summed E-state index contributed by atoms with van der Waals surface area (Å²) in [4.78, 5) is 4.05. The maximum Gasteiger partial charge on any atom is 0.274 e. The molecule has 0 aliphatic carbocycles. The summed E-state index contributed by atoms with van der Waals surface area (Å²) >= 11 is 4.59. The first-order valence-electron chi connectivity index (χ1n) is 4.23. The zero-order chi connectivity index (χ0) is 10.7. The number of benzene rings is 1. The van der Waals surface area contributed by atoms with E-state index in [1.54, 1.807) is 18.2 Å². The van der Waals surface area contributed by atoms with Gasteiger partial charge in [0.15, 0.2) is 0 Å². The van der Waals surface area contributed by atoms with Gasteiger partial charge >= 0.3 is 0 Å². The number of rotatable bonds is 3. The van der Waals surface area contributed by atoms with Gasteiger partial charge < -0.3 is 4.74 Å². The van der Waals surface area contributed by atoms with Crippen molar-refractivity contribution >= 4 is 27.3 Å². The van der Waals surface area contributed by atoms with Gasteiger partial charge in [-0.1, -0.05) is 29.5 Å². The van der Waals surface area contributed by atoms with Crippen LogP contribution in [-0.2, 0) is 6.61 Å². The lowest BCUT2D eigenvalue weighted by Crippen LogP contribution is -1.97. The first-order valence-corrected chi connectivity index (χ1v) is 5.90. The van der Waals surface area contributed by atoms with Crippen molar-refractivity contribution < 1.29 is 9.13 Å². The molecule has 2 aromatic rings. The van der Waals surface area contributed by atoms with E-state index in [4.69, 9.17) is 4.74 Å². The summed E-state index contributed by atoms with van der Waals surface area (Å²) in [6.45, 7) is 0.201. The van der Waals surface area contributed by atoms with Crippen LogP contribution >= 0.6 is 27.3 Å². The van der Waals surface area contributed by atoms with Crippen molar-refractivity contribution in [2.75, 3.05) is 0 Å². The van der Waals surface area contributed by atoms with Crippen LogP contribution in [0.4, 0.5) is 4.39 Å². The molecule has 0 aliphatic rings. The van der Waals surface area contributed by atoms with Crippen molar-refractivity contribution in [3.8, 4) is 5.19 Å². The quantitative estimate of drug-likeness (QED) is 0.860. The number of thiazole rings is 1. The maximum atomic E-state index is 13.2. The van der Waals surface area contributed by atoms with Gasteiger partial charge in [0.25, 0.3) is 5.19 Å². The Kier molecular flexibility index (Phi) is 3.33. The van der Waals surface area contributed by atoms with Crippen LogP contribution in [0.25, 0.3) is 0 Å². The van der Waals surface area contributed by atoms with Crippen molar-refractivity contribution in [2.45, 2.75) is 6.61 Å². The fourth-order valence-corrected chi connectivity index (χ4v) is 2.15. The molecule has 0 bridgehead atoms. The molecule has 0 unspecified atom stereocenters. The van der Waals surface area contributed by atoms with Gasteiger partial charge in [0.05, 0.1) is 0 Å². The normalized spacial score (nSPS) is 10.3. The number of aromatic nitrogens is 1. The van der Waals surface area contributed by atoms with E-state index in [1.807, 2.05) is 5.38 Å². The molecule has 0 N–H and O–H groups in total. The highest BCUT2D eigenvalue weighted by atomic mass is 79.9. The SMILES string of the molecule is Fc1ccccc1COc1nc(Br)cs1. The van der Waals surface area contributed by atoms with E-state index >= 15 is 0 Å². The van der Waals surface area contributed by atoms with Crippen LogP contribution in [0.3, 0.4) is 0 Å². The van der Waals surface area contributed by atoms with E-state index in [0.29, 0.717) is 10.8 Å². The molecule has 15 heavy (non-hydrogen) atoms. The van der Waals surface area contributed by atoms with E-state index in [1.165, 1.54) is 17.4 Å². The van der Waals surface area contributed by atoms with Gasteiger partial charge in [0, 0.05) is 10.9 Å². The smallest absolute Gasteiger partial charge is 0.274 e. The van der Waals surface area contributed by atoms with Crippen molar-refractivity contribution in [1.82, 2.24) is 4.98 Å². The van der Waals surface area contributed by atoms with E-state index in [-0.39, 0.29) is 12.4 Å². The summed E-state index contributed by atoms with van der Waals surface area (Å²) in [7, 11) is 0. The molecule has 1 aromatic carbocycles. The number of hydrogen-bond acceptors (Lipinski definition) is 3. The van der Waals surface area contributed by atoms with Crippen LogP contribution < -0.4 is 4.74 Å². The highest BCUT2D eigenvalue weighted by Gasteiger charge is 2.04. The number of halogens is 2. The lowest BCUT2D eigenvalue weighted by Gasteiger charge is -2.02. The fraction of sp³-hybridized carbons (Fsp3) is 0.100. The first kappa shape index (κ1) is 10.6. The average molecular weight is 288 g/mol. The molecule has 0 saturated heterocycles. The largest absolute Gasteiger partial charge is 0.465 e. The highest BCUT2D eigenvalue weighted by molar-refractivity contribution is 9.10. The lowest BCUT2D eigenvalue weighted by molar-refractivity contribution is 0.298. The third kappa shape index (κ3) is 2.76. The Labute approximate surface area is 98.9 Å². The van der Waals surface area contributed by atoms with Crippen molar-refractivity contribution in [1.29, 1.82) is 0 Å². The zero-order valence-electron chi connectivity index (χ0n) is 7.61. The van der Waals surface area contributed by atoms with Crippen molar-refractivity contribution in [3.05, 3.63) is 45.6 Å². The molecule has 0 radical (unpaired) electrons. The molecule has 2 rings (SSSR count). The predicted molar refractivity (Wildman–Crippen MR) is 60.5 cm³/mol. The Morgan fingerprint density at radius 3 is 2.87 bits per heavy atom. The maximum absolute atomic E-state index is 13.2. The highest BCUT2D eigenvalue weighted by Crippen LogP contribution is 2.22. The van der Waals surface area contributed by atoms with Gasteiger partial charge in [-0.3, -0.25) is 0 Å². The molecule has 78 valence electrons. The number of ether oxygens (including phenoxy) is 1. The molecule has 0 spiro atoms. The van der Waals surface area contributed by atoms with Crippen LogP contribution in [0.5, 0.6) is 5.19 Å². The van der Waals surface area contributed by atoms with Gasteiger partial charge in [-0.25, -0.2) is 4.39 Å². The molecule has 0 fully saturated rings. The summed E-state index contributed by atoms with van der Waals surface area (Å²) in [5.41, 5.74) is 0.531. The van der Waals surface area contributed by atoms with Crippen molar-refractivity contribution in [2.24, 2.45) is 0 Å². The number of hydrogen-bond donors (Lipinski definition) is 0. The Morgan fingerprint density at radius 2 is 2.20 bits per heavy atom. The van der Waals surface area contributed by atoms with Gasteiger partial charge in [0.2, 0.25) is 0 Å². The van der Waals surface area contributed by atoms with Crippen LogP contribution in [0.15, 0.2) is 34.2 Å². The second-order valence-corrected chi connectivity index (χ2v) is 4.45. The lowest BCUT2D eigenvalue weighted by atomic mass is 10.2. The molecule has 0 amide bonds. The Balaban J connectivity index is 2.02. The second-order valence-electron chi connectivity index (χ2n) is 2.82. The molecule has 0 saturated carbocycles. The van der Waals surface area contributed by atoms with Crippen LogP contribution in [0.1, 0.15) is 5.56 Å². The average Bonchev–Trinajstić information content (AvgIpc) is 2.63. The predicted octanol–water partition coefficient (Wildman–Crippen LogP) is 3.62. The monoisotopic (exact) mass is 287 g/mol. The van der Waals surface area contributed by atoms with Gasteiger partial charge in [-0.2, -0.15) is 4.98 Å². The molecule has 1 heterocycles. The molecular weight excluding hydrogens is 281 g/mol. The minimum absolute atomic E-state index is 0.201. The third-order valence-electron chi connectivity index (χ3n) is 1.76. The van der Waals surface area contributed by atoms with Crippen LogP contribution in [-0.4, -0.2) is 4.98 Å². The minimum Gasteiger partial charge on any atom is -0.465 e. The van der Waals surface area contributed by atoms with E-state index in [0.717, 1.165) is 4.60 Å². The minimum atomic E-state index is -0.256. The molecule has 5 heteroatoms.